The van der Waals surface area contributed by atoms with Crippen molar-refractivity contribution >= 4 is 47.4 Å². The maximum atomic E-state index is 5.54. The van der Waals surface area contributed by atoms with Gasteiger partial charge in [-0.25, -0.2) is 0 Å². The fourth-order valence-corrected chi connectivity index (χ4v) is 4.68. The van der Waals surface area contributed by atoms with E-state index in [0.29, 0.717) is 0 Å². The van der Waals surface area contributed by atoms with Crippen LogP contribution in [0.25, 0.3) is 0 Å². The average molecular weight is 519 g/mol. The number of ether oxygens (including phenoxy) is 1. The van der Waals surface area contributed by atoms with Gasteiger partial charge in [0.15, 0.2) is 5.96 Å². The van der Waals surface area contributed by atoms with E-state index in [1.807, 2.05) is 18.8 Å². The molecular weight excluding hydrogens is 483 g/mol. The summed E-state index contributed by atoms with van der Waals surface area (Å²) >= 11 is 1.95. The molecule has 1 aromatic carbocycles. The van der Waals surface area contributed by atoms with Gasteiger partial charge in [-0.3, -0.25) is 4.99 Å². The van der Waals surface area contributed by atoms with Crippen LogP contribution in [0, 0.1) is 0 Å². The van der Waals surface area contributed by atoms with Crippen LogP contribution in [0.5, 0.6) is 0 Å². The highest BCUT2D eigenvalue weighted by Crippen LogP contribution is 2.33. The number of hydrogen-bond donors (Lipinski definition) is 2. The van der Waals surface area contributed by atoms with Crippen LogP contribution in [0.4, 0.5) is 5.69 Å². The molecule has 0 aromatic heterocycles. The van der Waals surface area contributed by atoms with E-state index in [0.717, 1.165) is 38.6 Å². The van der Waals surface area contributed by atoms with Crippen LogP contribution in [0.1, 0.15) is 44.2 Å². The fraction of sp³-hybridized carbons (Fsp3) is 0.667. The molecule has 0 bridgehead atoms. The predicted octanol–water partition coefficient (Wildman–Crippen LogP) is 4.04. The Labute approximate surface area is 191 Å². The second-order valence-electron chi connectivity index (χ2n) is 7.58. The molecule has 0 radical (unpaired) electrons. The lowest BCUT2D eigenvalue weighted by atomic mass is 9.99. The molecular formula is C21H35IN4OS. The molecule has 1 unspecified atom stereocenters. The Hall–Kier alpha value is -0.670. The summed E-state index contributed by atoms with van der Waals surface area (Å²) < 4.78 is 5.79. The molecule has 0 spiro atoms. The maximum Gasteiger partial charge on any atom is 0.191 e. The molecule has 2 aliphatic heterocycles. The van der Waals surface area contributed by atoms with Crippen molar-refractivity contribution in [2.24, 2.45) is 4.99 Å². The highest BCUT2D eigenvalue weighted by atomic mass is 127. The van der Waals surface area contributed by atoms with Gasteiger partial charge in [0.1, 0.15) is 0 Å². The van der Waals surface area contributed by atoms with Crippen molar-refractivity contribution in [3.8, 4) is 0 Å². The smallest absolute Gasteiger partial charge is 0.191 e. The van der Waals surface area contributed by atoms with Crippen LogP contribution >= 0.6 is 35.7 Å². The molecule has 5 nitrogen and oxygen atoms in total. The lowest BCUT2D eigenvalue weighted by Crippen LogP contribution is -2.48. The number of rotatable bonds is 6. The van der Waals surface area contributed by atoms with Crippen molar-refractivity contribution in [2.75, 3.05) is 51.1 Å². The summed E-state index contributed by atoms with van der Waals surface area (Å²) in [4.78, 5) is 6.93. The standard InChI is InChI=1S/C21H34N4OS.HI/c1-17(18-7-6-8-19(15-18)25-11-4-5-12-25)24-20(22-2)23-16-21(27-3)9-13-26-14-10-21;/h6-8,15,17H,4-5,9-14,16H2,1-3H3,(H2,22,23,24);1H. The third-order valence-corrected chi connectivity index (χ3v) is 7.25. The third kappa shape index (κ3) is 6.16. The number of hydrogen-bond acceptors (Lipinski definition) is 4. The van der Waals surface area contributed by atoms with Crippen molar-refractivity contribution in [2.45, 2.75) is 43.4 Å². The largest absolute Gasteiger partial charge is 0.381 e. The molecule has 1 atom stereocenters. The molecule has 7 heteroatoms. The van der Waals surface area contributed by atoms with E-state index in [1.165, 1.54) is 37.2 Å². The Morgan fingerprint density at radius 2 is 2.00 bits per heavy atom. The minimum absolute atomic E-state index is 0. The number of nitrogens with one attached hydrogen (secondary N) is 2. The minimum atomic E-state index is 0. The van der Waals surface area contributed by atoms with E-state index < -0.39 is 0 Å². The molecule has 2 N–H and O–H groups in total. The maximum absolute atomic E-state index is 5.54. The molecule has 2 saturated heterocycles. The highest BCUT2D eigenvalue weighted by molar-refractivity contribution is 14.0. The average Bonchev–Trinajstić information content (AvgIpc) is 3.26. The van der Waals surface area contributed by atoms with Gasteiger partial charge in [-0.05, 0) is 56.6 Å². The lowest BCUT2D eigenvalue weighted by molar-refractivity contribution is 0.0782. The SMILES string of the molecule is CN=C(NCC1(SC)CCOCC1)NC(C)c1cccc(N2CCCC2)c1.I. The molecule has 0 aliphatic carbocycles. The zero-order valence-electron chi connectivity index (χ0n) is 17.4. The second kappa shape index (κ2) is 11.5. The van der Waals surface area contributed by atoms with Gasteiger partial charge in [-0.2, -0.15) is 11.8 Å². The summed E-state index contributed by atoms with van der Waals surface area (Å²) in [5.41, 5.74) is 2.64. The number of aliphatic imine (C=N–C) groups is 1. The molecule has 158 valence electrons. The van der Waals surface area contributed by atoms with Crippen LogP contribution < -0.4 is 15.5 Å². The van der Waals surface area contributed by atoms with E-state index in [2.05, 4.69) is 58.0 Å². The minimum Gasteiger partial charge on any atom is -0.381 e. The molecule has 28 heavy (non-hydrogen) atoms. The third-order valence-electron chi connectivity index (χ3n) is 5.83. The van der Waals surface area contributed by atoms with Gasteiger partial charge < -0.3 is 20.3 Å². The first-order valence-electron chi connectivity index (χ1n) is 10.1. The number of thioether (sulfide) groups is 1. The van der Waals surface area contributed by atoms with Crippen molar-refractivity contribution in [3.63, 3.8) is 0 Å². The molecule has 0 saturated carbocycles. The molecule has 0 amide bonds. The van der Waals surface area contributed by atoms with E-state index in [-0.39, 0.29) is 34.8 Å². The molecule has 3 rings (SSSR count). The van der Waals surface area contributed by atoms with Crippen molar-refractivity contribution in [1.29, 1.82) is 0 Å². The van der Waals surface area contributed by atoms with Gasteiger partial charge in [0.05, 0.1) is 6.04 Å². The van der Waals surface area contributed by atoms with Gasteiger partial charge in [0.25, 0.3) is 0 Å². The van der Waals surface area contributed by atoms with Crippen molar-refractivity contribution in [1.82, 2.24) is 10.6 Å². The van der Waals surface area contributed by atoms with Crippen LogP contribution in [-0.2, 0) is 4.74 Å². The highest BCUT2D eigenvalue weighted by Gasteiger charge is 2.31. The normalized spacial score (nSPS) is 20.4. The lowest BCUT2D eigenvalue weighted by Gasteiger charge is -2.36. The van der Waals surface area contributed by atoms with Crippen molar-refractivity contribution in [3.05, 3.63) is 29.8 Å². The van der Waals surface area contributed by atoms with Crippen molar-refractivity contribution < 1.29 is 4.74 Å². The van der Waals surface area contributed by atoms with Gasteiger partial charge in [0, 0.05) is 50.3 Å². The number of nitrogens with zero attached hydrogens (tertiary/aromatic N) is 2. The molecule has 2 fully saturated rings. The number of halogens is 1. The fourth-order valence-electron chi connectivity index (χ4n) is 3.89. The first-order valence-corrected chi connectivity index (χ1v) is 11.3. The zero-order chi connectivity index (χ0) is 19.1. The van der Waals surface area contributed by atoms with Gasteiger partial charge in [0.2, 0.25) is 0 Å². The topological polar surface area (TPSA) is 48.9 Å². The first kappa shape index (κ1) is 23.6. The number of benzene rings is 1. The van der Waals surface area contributed by atoms with E-state index in [1.54, 1.807) is 0 Å². The summed E-state index contributed by atoms with van der Waals surface area (Å²) in [7, 11) is 1.85. The van der Waals surface area contributed by atoms with Gasteiger partial charge in [-0.1, -0.05) is 12.1 Å². The zero-order valence-corrected chi connectivity index (χ0v) is 20.5. The van der Waals surface area contributed by atoms with E-state index in [4.69, 9.17) is 4.74 Å². The van der Waals surface area contributed by atoms with E-state index in [9.17, 15) is 0 Å². The summed E-state index contributed by atoms with van der Waals surface area (Å²) in [6, 6.07) is 9.12. The summed E-state index contributed by atoms with van der Waals surface area (Å²) in [6.07, 6.45) is 6.99. The number of guanidine groups is 1. The Morgan fingerprint density at radius 1 is 1.29 bits per heavy atom. The summed E-state index contributed by atoms with van der Waals surface area (Å²) in [6.45, 7) is 7.18. The van der Waals surface area contributed by atoms with Crippen LogP contribution in [0.15, 0.2) is 29.3 Å². The van der Waals surface area contributed by atoms with Crippen LogP contribution in [0.2, 0.25) is 0 Å². The Bertz CT molecular complexity index is 631. The molecule has 2 aliphatic rings. The van der Waals surface area contributed by atoms with Gasteiger partial charge in [-0.15, -0.1) is 24.0 Å². The Morgan fingerprint density at radius 3 is 2.64 bits per heavy atom. The Kier molecular flexibility index (Phi) is 9.69. The summed E-state index contributed by atoms with van der Waals surface area (Å²) in [5, 5.41) is 7.11. The molecule has 1 aromatic rings. The second-order valence-corrected chi connectivity index (χ2v) is 8.85. The number of anilines is 1. The monoisotopic (exact) mass is 518 g/mol. The molecule has 2 heterocycles. The Balaban J connectivity index is 0.00000280. The first-order chi connectivity index (χ1) is 13.2. The van der Waals surface area contributed by atoms with E-state index >= 15 is 0 Å². The van der Waals surface area contributed by atoms with Gasteiger partial charge >= 0.3 is 0 Å². The quantitative estimate of drug-likeness (QED) is 0.338. The van der Waals surface area contributed by atoms with Crippen LogP contribution in [0.3, 0.4) is 0 Å². The van der Waals surface area contributed by atoms with Crippen LogP contribution in [-0.4, -0.2) is 56.9 Å². The predicted molar refractivity (Wildman–Crippen MR) is 133 cm³/mol. The summed E-state index contributed by atoms with van der Waals surface area (Å²) in [5.74, 6) is 0.869.